The highest BCUT2D eigenvalue weighted by molar-refractivity contribution is 9.13. The van der Waals surface area contributed by atoms with Crippen molar-refractivity contribution in [2.24, 2.45) is 0 Å². The number of rotatable bonds is 1. The highest BCUT2D eigenvalue weighted by atomic mass is 79.9. The van der Waals surface area contributed by atoms with Gasteiger partial charge in [0.25, 0.3) is 0 Å². The van der Waals surface area contributed by atoms with Gasteiger partial charge in [0.2, 0.25) is 0 Å². The maximum absolute atomic E-state index is 11.8. The molecule has 0 spiro atoms. The number of carbonyl (C=O) groups is 1. The first kappa shape index (κ1) is 12.0. The Morgan fingerprint density at radius 1 is 1.24 bits per heavy atom. The van der Waals surface area contributed by atoms with Gasteiger partial charge >= 0.3 is 0 Å². The van der Waals surface area contributed by atoms with Crippen LogP contribution in [-0.2, 0) is 6.42 Å². The Morgan fingerprint density at radius 3 is 2.71 bits per heavy atom. The Morgan fingerprint density at radius 2 is 2.06 bits per heavy atom. The van der Waals surface area contributed by atoms with Crippen LogP contribution in [0.2, 0.25) is 0 Å². The van der Waals surface area contributed by atoms with Gasteiger partial charge < -0.3 is 0 Å². The van der Waals surface area contributed by atoms with Crippen LogP contribution in [0, 0.1) is 0 Å². The number of hydrogen-bond donors (Lipinski definition) is 0. The predicted molar refractivity (Wildman–Crippen MR) is 78.1 cm³/mol. The van der Waals surface area contributed by atoms with Crippen LogP contribution in [0.4, 0.5) is 0 Å². The highest BCUT2D eigenvalue weighted by Gasteiger charge is 2.23. The Kier molecular flexibility index (Phi) is 3.23. The van der Waals surface area contributed by atoms with Gasteiger partial charge in [-0.1, -0.05) is 0 Å². The Labute approximate surface area is 123 Å². The summed E-state index contributed by atoms with van der Waals surface area (Å²) in [6.45, 7) is 0. The van der Waals surface area contributed by atoms with Crippen molar-refractivity contribution in [2.75, 3.05) is 0 Å². The second-order valence-corrected chi connectivity index (χ2v) is 8.03. The Bertz CT molecular complexity index is 583. The largest absolute Gasteiger partial charge is 0.293 e. The molecule has 0 aliphatic heterocycles. The summed E-state index contributed by atoms with van der Waals surface area (Å²) in [5.41, 5.74) is 0.988. The van der Waals surface area contributed by atoms with E-state index in [4.69, 9.17) is 0 Å². The number of nitrogens with zero attached hydrogens (tertiary/aromatic N) is 1. The summed E-state index contributed by atoms with van der Waals surface area (Å²) in [6, 6.07) is 2.05. The van der Waals surface area contributed by atoms with Crippen molar-refractivity contribution >= 4 is 60.3 Å². The minimum absolute atomic E-state index is 0.254. The molecule has 0 N–H and O–H groups in total. The van der Waals surface area contributed by atoms with Crippen molar-refractivity contribution in [1.82, 2.24) is 4.98 Å². The number of carbonyl (C=O) groups excluding carboxylic acids is 1. The lowest BCUT2D eigenvalue weighted by Gasteiger charge is -2.06. The van der Waals surface area contributed by atoms with Gasteiger partial charge in [-0.25, -0.2) is 4.98 Å². The first-order valence-corrected chi connectivity index (χ1v) is 8.35. The van der Waals surface area contributed by atoms with Crippen LogP contribution in [0.1, 0.15) is 28.2 Å². The van der Waals surface area contributed by atoms with Crippen LogP contribution < -0.4 is 0 Å². The van der Waals surface area contributed by atoms with E-state index >= 15 is 0 Å². The maximum Gasteiger partial charge on any atom is 0.174 e. The van der Waals surface area contributed by atoms with Crippen LogP contribution in [0.3, 0.4) is 0 Å². The average Bonchev–Trinajstić information content (AvgIpc) is 2.85. The molecule has 0 atom stereocenters. The lowest BCUT2D eigenvalue weighted by Crippen LogP contribution is -2.07. The average molecular weight is 393 g/mol. The zero-order valence-electron chi connectivity index (χ0n) is 8.63. The monoisotopic (exact) mass is 391 g/mol. The highest BCUT2D eigenvalue weighted by Crippen LogP contribution is 2.41. The molecule has 0 bridgehead atoms. The molecule has 0 saturated heterocycles. The van der Waals surface area contributed by atoms with Crippen LogP contribution in [0.25, 0.3) is 9.88 Å². The fourth-order valence-corrected chi connectivity index (χ4v) is 4.99. The number of hydrogen-bond acceptors (Lipinski definition) is 4. The lowest BCUT2D eigenvalue weighted by atomic mass is 10.0. The third-order valence-corrected chi connectivity index (χ3v) is 7.19. The number of Topliss-reactive ketones (excluding diaryl/α,β-unsaturated/α-hetero) is 1. The molecule has 0 radical (unpaired) electrons. The maximum atomic E-state index is 11.8. The normalized spacial score (nSPS) is 15.1. The molecule has 1 aliphatic carbocycles. The third-order valence-electron chi connectivity index (χ3n) is 2.62. The van der Waals surface area contributed by atoms with E-state index in [0.29, 0.717) is 6.42 Å². The molecule has 2 nitrogen and oxygen atoms in total. The Hall–Kier alpha value is -0.0400. The first-order valence-electron chi connectivity index (χ1n) is 5.13. The van der Waals surface area contributed by atoms with Gasteiger partial charge in [-0.3, -0.25) is 4.79 Å². The summed E-state index contributed by atoms with van der Waals surface area (Å²) in [6.07, 6.45) is 2.55. The van der Waals surface area contributed by atoms with Crippen LogP contribution in [0.15, 0.2) is 14.3 Å². The summed E-state index contributed by atoms with van der Waals surface area (Å²) in [4.78, 5) is 18.3. The van der Waals surface area contributed by atoms with Gasteiger partial charge in [-0.05, 0) is 50.8 Å². The van der Waals surface area contributed by atoms with Crippen molar-refractivity contribution < 1.29 is 4.79 Å². The topological polar surface area (TPSA) is 30.0 Å². The second-order valence-electron chi connectivity index (χ2n) is 3.80. The number of aromatic nitrogens is 1. The van der Waals surface area contributed by atoms with Gasteiger partial charge in [0.1, 0.15) is 5.01 Å². The molecule has 0 saturated carbocycles. The van der Waals surface area contributed by atoms with Crippen LogP contribution in [-0.4, -0.2) is 10.8 Å². The lowest BCUT2D eigenvalue weighted by molar-refractivity contribution is 0.0976. The van der Waals surface area contributed by atoms with E-state index in [1.54, 1.807) is 11.3 Å². The molecule has 2 aromatic rings. The summed E-state index contributed by atoms with van der Waals surface area (Å²) in [5.74, 6) is 0.254. The van der Waals surface area contributed by atoms with Gasteiger partial charge in [0.05, 0.1) is 19.2 Å². The van der Waals surface area contributed by atoms with Crippen molar-refractivity contribution in [3.63, 3.8) is 0 Å². The third kappa shape index (κ3) is 2.16. The fourth-order valence-electron chi connectivity index (χ4n) is 1.83. The standard InChI is InChI=1S/C11H7Br2NOS2/c12-5-4-8(16-10(5)13)11-14-6-2-1-3-7(15)9(6)17-11/h4H,1-3H2. The molecule has 0 fully saturated rings. The summed E-state index contributed by atoms with van der Waals surface area (Å²) in [5, 5.41) is 0.960. The number of thiazole rings is 1. The van der Waals surface area contributed by atoms with E-state index in [1.807, 2.05) is 6.07 Å². The van der Waals surface area contributed by atoms with Gasteiger partial charge in [-0.15, -0.1) is 22.7 Å². The summed E-state index contributed by atoms with van der Waals surface area (Å²) < 4.78 is 2.10. The molecule has 17 heavy (non-hydrogen) atoms. The molecular weight excluding hydrogens is 386 g/mol. The SMILES string of the molecule is O=C1CCCc2nc(-c3cc(Br)c(Br)s3)sc21. The molecule has 2 aromatic heterocycles. The van der Waals surface area contributed by atoms with Gasteiger partial charge in [0, 0.05) is 10.9 Å². The molecule has 0 amide bonds. The molecule has 88 valence electrons. The molecule has 0 unspecified atom stereocenters. The zero-order chi connectivity index (χ0) is 12.0. The van der Waals surface area contributed by atoms with E-state index in [9.17, 15) is 4.79 Å². The van der Waals surface area contributed by atoms with E-state index in [1.165, 1.54) is 11.3 Å². The second kappa shape index (κ2) is 4.57. The number of ketones is 1. The van der Waals surface area contributed by atoms with E-state index in [2.05, 4.69) is 36.8 Å². The smallest absolute Gasteiger partial charge is 0.174 e. The van der Waals surface area contributed by atoms with Gasteiger partial charge in [-0.2, -0.15) is 0 Å². The zero-order valence-corrected chi connectivity index (χ0v) is 13.4. The summed E-state index contributed by atoms with van der Waals surface area (Å²) >= 11 is 10.1. The molecule has 0 aromatic carbocycles. The minimum Gasteiger partial charge on any atom is -0.293 e. The number of aryl methyl sites for hydroxylation is 1. The van der Waals surface area contributed by atoms with Crippen LogP contribution in [0.5, 0.6) is 0 Å². The molecule has 6 heteroatoms. The van der Waals surface area contributed by atoms with Crippen molar-refractivity contribution in [3.8, 4) is 9.88 Å². The minimum atomic E-state index is 0.254. The van der Waals surface area contributed by atoms with Gasteiger partial charge in [0.15, 0.2) is 5.78 Å². The molecule has 2 heterocycles. The number of fused-ring (bicyclic) bond motifs is 1. The van der Waals surface area contributed by atoms with E-state index in [0.717, 1.165) is 41.6 Å². The molecule has 3 rings (SSSR count). The van der Waals surface area contributed by atoms with Crippen molar-refractivity contribution in [3.05, 3.63) is 24.9 Å². The molecule has 1 aliphatic rings. The van der Waals surface area contributed by atoms with E-state index in [-0.39, 0.29) is 5.78 Å². The quantitative estimate of drug-likeness (QED) is 0.689. The Balaban J connectivity index is 2.07. The van der Waals surface area contributed by atoms with Crippen molar-refractivity contribution in [2.45, 2.75) is 19.3 Å². The predicted octanol–water partition coefficient (Wildman–Crippen LogP) is 4.92. The summed E-state index contributed by atoms with van der Waals surface area (Å²) in [7, 11) is 0. The number of halogens is 2. The van der Waals surface area contributed by atoms with E-state index < -0.39 is 0 Å². The number of thiophene rings is 1. The van der Waals surface area contributed by atoms with Crippen LogP contribution >= 0.6 is 54.5 Å². The fraction of sp³-hybridized carbons (Fsp3) is 0.273. The van der Waals surface area contributed by atoms with Crippen molar-refractivity contribution in [1.29, 1.82) is 0 Å². The first-order chi connectivity index (χ1) is 8.15. The molecular formula is C11H7Br2NOS2.